The minimum Gasteiger partial charge on any atom is -0.369 e. The summed E-state index contributed by atoms with van der Waals surface area (Å²) in [5, 5.41) is 0. The zero-order valence-electron chi connectivity index (χ0n) is 16.9. The van der Waals surface area contributed by atoms with Gasteiger partial charge in [-0.2, -0.15) is 0 Å². The molecule has 2 saturated heterocycles. The van der Waals surface area contributed by atoms with E-state index in [9.17, 15) is 4.79 Å². The summed E-state index contributed by atoms with van der Waals surface area (Å²) in [6, 6.07) is 4.33. The fourth-order valence-corrected chi connectivity index (χ4v) is 4.06. The SMILES string of the molecule is Cc1cnc(C(=O)N2CCC[C@H]2c2cc(N3CCN(C)CC3)cc(C)n2)cn1. The van der Waals surface area contributed by atoms with Crippen LogP contribution in [0.4, 0.5) is 5.69 Å². The molecule has 4 heterocycles. The predicted molar refractivity (Wildman–Crippen MR) is 108 cm³/mol. The molecule has 0 N–H and O–H groups in total. The third kappa shape index (κ3) is 3.85. The molecule has 1 amide bonds. The molecule has 0 radical (unpaired) electrons. The van der Waals surface area contributed by atoms with Crippen LogP contribution < -0.4 is 4.90 Å². The summed E-state index contributed by atoms with van der Waals surface area (Å²) in [7, 11) is 2.16. The lowest BCUT2D eigenvalue weighted by Crippen LogP contribution is -2.44. The van der Waals surface area contributed by atoms with Crippen LogP contribution in [0.2, 0.25) is 0 Å². The number of nitrogens with zero attached hydrogens (tertiary/aromatic N) is 6. The van der Waals surface area contributed by atoms with Crippen molar-refractivity contribution in [1.29, 1.82) is 0 Å². The Morgan fingerprint density at radius 1 is 1.00 bits per heavy atom. The largest absolute Gasteiger partial charge is 0.369 e. The number of hydrogen-bond acceptors (Lipinski definition) is 6. The van der Waals surface area contributed by atoms with Crippen LogP contribution in [0.15, 0.2) is 24.5 Å². The summed E-state index contributed by atoms with van der Waals surface area (Å²) < 4.78 is 0. The molecule has 0 aromatic carbocycles. The molecule has 0 bridgehead atoms. The maximum absolute atomic E-state index is 13.0. The van der Waals surface area contributed by atoms with E-state index in [1.165, 1.54) is 5.69 Å². The van der Waals surface area contributed by atoms with Crippen molar-refractivity contribution in [2.75, 3.05) is 44.7 Å². The number of anilines is 1. The van der Waals surface area contributed by atoms with Gasteiger partial charge in [0, 0.05) is 50.3 Å². The Bertz CT molecular complexity index is 844. The Kier molecular flexibility index (Phi) is 5.26. The van der Waals surface area contributed by atoms with Crippen molar-refractivity contribution in [3.05, 3.63) is 47.3 Å². The fourth-order valence-electron chi connectivity index (χ4n) is 4.06. The van der Waals surface area contributed by atoms with Crippen LogP contribution in [0, 0.1) is 13.8 Å². The van der Waals surface area contributed by atoms with Gasteiger partial charge in [-0.1, -0.05) is 0 Å². The first-order chi connectivity index (χ1) is 13.5. The van der Waals surface area contributed by atoms with E-state index in [4.69, 9.17) is 4.98 Å². The van der Waals surface area contributed by atoms with Crippen LogP contribution in [0.3, 0.4) is 0 Å². The molecule has 0 spiro atoms. The van der Waals surface area contributed by atoms with Crippen LogP contribution in [-0.2, 0) is 0 Å². The number of aromatic nitrogens is 3. The lowest BCUT2D eigenvalue weighted by atomic mass is 10.1. The normalized spacial score (nSPS) is 20.6. The zero-order valence-corrected chi connectivity index (χ0v) is 16.9. The Labute approximate surface area is 166 Å². The lowest BCUT2D eigenvalue weighted by molar-refractivity contribution is 0.0726. The highest BCUT2D eigenvalue weighted by atomic mass is 16.2. The number of amides is 1. The molecule has 4 rings (SSSR count). The molecular weight excluding hydrogens is 352 g/mol. The number of likely N-dealkylation sites (tertiary alicyclic amines) is 1. The molecule has 0 saturated carbocycles. The first kappa shape index (κ1) is 18.8. The van der Waals surface area contributed by atoms with Gasteiger partial charge in [0.05, 0.1) is 23.6 Å². The van der Waals surface area contributed by atoms with Gasteiger partial charge in [-0.15, -0.1) is 0 Å². The van der Waals surface area contributed by atoms with E-state index < -0.39 is 0 Å². The monoisotopic (exact) mass is 380 g/mol. The number of carbonyl (C=O) groups excluding carboxylic acids is 1. The van der Waals surface area contributed by atoms with Gasteiger partial charge in [0.2, 0.25) is 0 Å². The number of likely N-dealkylation sites (N-methyl/N-ethyl adjacent to an activating group) is 1. The van der Waals surface area contributed by atoms with Gasteiger partial charge in [-0.25, -0.2) is 4.98 Å². The fraction of sp³-hybridized carbons (Fsp3) is 0.524. The third-order valence-electron chi connectivity index (χ3n) is 5.68. The first-order valence-electron chi connectivity index (χ1n) is 10.0. The van der Waals surface area contributed by atoms with Crippen molar-refractivity contribution in [1.82, 2.24) is 24.8 Å². The zero-order chi connectivity index (χ0) is 19.7. The molecule has 1 atom stereocenters. The van der Waals surface area contributed by atoms with E-state index >= 15 is 0 Å². The standard InChI is InChI=1S/C21H28N6O/c1-15-11-17(26-9-7-25(3)8-10-26)12-18(24-15)20-5-4-6-27(20)21(28)19-14-22-16(2)13-23-19/h11-14,20H,4-10H2,1-3H3/t20-/m0/s1. The van der Waals surface area contributed by atoms with E-state index in [2.05, 4.69) is 38.9 Å². The molecule has 7 nitrogen and oxygen atoms in total. The van der Waals surface area contributed by atoms with Crippen molar-refractivity contribution >= 4 is 11.6 Å². The molecule has 2 aromatic rings. The van der Waals surface area contributed by atoms with Crippen molar-refractivity contribution < 1.29 is 4.79 Å². The maximum atomic E-state index is 13.0. The molecule has 0 aliphatic carbocycles. The summed E-state index contributed by atoms with van der Waals surface area (Å²) in [6.07, 6.45) is 5.14. The Hall–Kier alpha value is -2.54. The van der Waals surface area contributed by atoms with Crippen molar-refractivity contribution in [2.24, 2.45) is 0 Å². The summed E-state index contributed by atoms with van der Waals surface area (Å²) in [4.78, 5) is 33.0. The van der Waals surface area contributed by atoms with Gasteiger partial charge >= 0.3 is 0 Å². The van der Waals surface area contributed by atoms with Crippen molar-refractivity contribution in [3.63, 3.8) is 0 Å². The van der Waals surface area contributed by atoms with Crippen molar-refractivity contribution in [3.8, 4) is 0 Å². The second kappa shape index (κ2) is 7.83. The lowest BCUT2D eigenvalue weighted by Gasteiger charge is -2.34. The van der Waals surface area contributed by atoms with Gasteiger partial charge in [-0.3, -0.25) is 14.8 Å². The van der Waals surface area contributed by atoms with Crippen molar-refractivity contribution in [2.45, 2.75) is 32.7 Å². The second-order valence-corrected chi connectivity index (χ2v) is 7.88. The molecule has 148 valence electrons. The number of hydrogen-bond donors (Lipinski definition) is 0. The van der Waals surface area contributed by atoms with Gasteiger partial charge in [0.25, 0.3) is 5.91 Å². The van der Waals surface area contributed by atoms with Crippen LogP contribution >= 0.6 is 0 Å². The minimum absolute atomic E-state index is 0.00159. The van der Waals surface area contributed by atoms with E-state index in [0.717, 1.165) is 62.6 Å². The topological polar surface area (TPSA) is 65.5 Å². The average molecular weight is 380 g/mol. The van der Waals surface area contributed by atoms with Crippen LogP contribution in [0.1, 0.15) is 46.5 Å². The molecule has 2 aliphatic rings. The Balaban J connectivity index is 1.58. The highest BCUT2D eigenvalue weighted by Gasteiger charge is 2.33. The summed E-state index contributed by atoms with van der Waals surface area (Å²) >= 11 is 0. The quantitative estimate of drug-likeness (QED) is 0.814. The molecule has 0 unspecified atom stereocenters. The number of piperazine rings is 1. The molecule has 28 heavy (non-hydrogen) atoms. The molecular formula is C21H28N6O. The molecule has 7 heteroatoms. The van der Waals surface area contributed by atoms with E-state index in [1.54, 1.807) is 12.4 Å². The van der Waals surface area contributed by atoms with Crippen LogP contribution in [0.25, 0.3) is 0 Å². The molecule has 2 aromatic heterocycles. The van der Waals surface area contributed by atoms with Gasteiger partial charge in [0.15, 0.2) is 0 Å². The third-order valence-corrected chi connectivity index (χ3v) is 5.68. The Morgan fingerprint density at radius 3 is 2.50 bits per heavy atom. The highest BCUT2D eigenvalue weighted by molar-refractivity contribution is 5.92. The minimum atomic E-state index is -0.0561. The smallest absolute Gasteiger partial charge is 0.274 e. The second-order valence-electron chi connectivity index (χ2n) is 7.88. The number of rotatable bonds is 3. The van der Waals surface area contributed by atoms with E-state index in [1.807, 2.05) is 18.7 Å². The summed E-state index contributed by atoms with van der Waals surface area (Å²) in [5.41, 5.74) is 4.42. The van der Waals surface area contributed by atoms with E-state index in [0.29, 0.717) is 5.69 Å². The van der Waals surface area contributed by atoms with Gasteiger partial charge in [-0.05, 0) is 45.9 Å². The number of pyridine rings is 1. The van der Waals surface area contributed by atoms with E-state index in [-0.39, 0.29) is 11.9 Å². The van der Waals surface area contributed by atoms with Gasteiger partial charge < -0.3 is 14.7 Å². The van der Waals surface area contributed by atoms with Gasteiger partial charge in [0.1, 0.15) is 5.69 Å². The Morgan fingerprint density at radius 2 is 1.79 bits per heavy atom. The number of carbonyl (C=O) groups is 1. The van der Waals surface area contributed by atoms with Crippen LogP contribution in [-0.4, -0.2) is 70.4 Å². The average Bonchev–Trinajstić information content (AvgIpc) is 3.18. The predicted octanol–water partition coefficient (Wildman–Crippen LogP) is 2.22. The summed E-state index contributed by atoms with van der Waals surface area (Å²) in [5.74, 6) is -0.0561. The molecule has 2 aliphatic heterocycles. The first-order valence-corrected chi connectivity index (χ1v) is 10.0. The maximum Gasteiger partial charge on any atom is 0.274 e. The highest BCUT2D eigenvalue weighted by Crippen LogP contribution is 2.34. The molecule has 2 fully saturated rings. The summed E-state index contributed by atoms with van der Waals surface area (Å²) in [6.45, 7) is 8.82. The number of aryl methyl sites for hydroxylation is 2. The van der Waals surface area contributed by atoms with Crippen LogP contribution in [0.5, 0.6) is 0 Å².